The Kier molecular flexibility index (Phi) is 5.80. The van der Waals surface area contributed by atoms with Crippen molar-refractivity contribution in [2.75, 3.05) is 13.1 Å². The summed E-state index contributed by atoms with van der Waals surface area (Å²) in [7, 11) is 0. The van der Waals surface area contributed by atoms with Gasteiger partial charge in [0.1, 0.15) is 0 Å². The highest BCUT2D eigenvalue weighted by atomic mass is 35.5. The second-order valence-corrected chi connectivity index (χ2v) is 7.58. The van der Waals surface area contributed by atoms with Crippen molar-refractivity contribution >= 4 is 23.7 Å². The third-order valence-corrected chi connectivity index (χ3v) is 4.86. The molecule has 0 bridgehead atoms. The molecule has 19 heavy (non-hydrogen) atoms. The van der Waals surface area contributed by atoms with E-state index in [9.17, 15) is 0 Å². The lowest BCUT2D eigenvalue weighted by atomic mass is 9.98. The van der Waals surface area contributed by atoms with E-state index in [1.54, 1.807) is 0 Å². The van der Waals surface area contributed by atoms with Gasteiger partial charge in [0.15, 0.2) is 0 Å². The standard InChI is InChI=1S/C14H25N3S.ClH/c1-10-8-17(11(2)6-15-10)9-12-7-16-13(18-12)14(3,4)5;/h7,10-11,15H,6,8-9H2,1-5H3;1H. The van der Waals surface area contributed by atoms with Crippen LogP contribution < -0.4 is 5.32 Å². The number of halogens is 1. The average Bonchev–Trinajstić information content (AvgIpc) is 2.71. The predicted molar refractivity (Wildman–Crippen MR) is 85.4 cm³/mol. The molecule has 1 aromatic rings. The van der Waals surface area contributed by atoms with Crippen LogP contribution in [0.2, 0.25) is 0 Å². The van der Waals surface area contributed by atoms with Gasteiger partial charge in [-0.2, -0.15) is 0 Å². The van der Waals surface area contributed by atoms with E-state index >= 15 is 0 Å². The molecule has 1 saturated heterocycles. The van der Waals surface area contributed by atoms with Crippen molar-refractivity contribution in [3.05, 3.63) is 16.1 Å². The maximum Gasteiger partial charge on any atom is 0.0981 e. The molecule has 1 aliphatic heterocycles. The van der Waals surface area contributed by atoms with E-state index in [-0.39, 0.29) is 17.8 Å². The van der Waals surface area contributed by atoms with Gasteiger partial charge in [0.2, 0.25) is 0 Å². The molecule has 2 rings (SSSR count). The van der Waals surface area contributed by atoms with Crippen LogP contribution in [0.1, 0.15) is 44.5 Å². The Morgan fingerprint density at radius 2 is 2.11 bits per heavy atom. The Morgan fingerprint density at radius 3 is 2.68 bits per heavy atom. The highest BCUT2D eigenvalue weighted by Gasteiger charge is 2.24. The molecule has 0 radical (unpaired) electrons. The lowest BCUT2D eigenvalue weighted by Gasteiger charge is -2.37. The first-order valence-electron chi connectivity index (χ1n) is 6.79. The summed E-state index contributed by atoms with van der Waals surface area (Å²) in [4.78, 5) is 8.52. The Hall–Kier alpha value is -0.160. The topological polar surface area (TPSA) is 28.2 Å². The molecule has 0 spiro atoms. The number of piperazine rings is 1. The minimum atomic E-state index is 0. The average molecular weight is 304 g/mol. The fourth-order valence-corrected chi connectivity index (χ4v) is 3.24. The van der Waals surface area contributed by atoms with Crippen molar-refractivity contribution in [3.8, 4) is 0 Å². The quantitative estimate of drug-likeness (QED) is 0.910. The van der Waals surface area contributed by atoms with Crippen LogP contribution in [0.4, 0.5) is 0 Å². The Balaban J connectivity index is 0.00000180. The molecule has 1 aliphatic rings. The summed E-state index contributed by atoms with van der Waals surface area (Å²) in [6.45, 7) is 14.5. The summed E-state index contributed by atoms with van der Waals surface area (Å²) in [5.74, 6) is 0. The second-order valence-electron chi connectivity index (χ2n) is 6.47. The van der Waals surface area contributed by atoms with Gasteiger partial charge in [0, 0.05) is 48.2 Å². The van der Waals surface area contributed by atoms with Gasteiger partial charge in [0.25, 0.3) is 0 Å². The Labute approximate surface area is 127 Å². The van der Waals surface area contributed by atoms with Crippen molar-refractivity contribution in [2.24, 2.45) is 0 Å². The number of nitrogens with zero attached hydrogens (tertiary/aromatic N) is 2. The zero-order chi connectivity index (χ0) is 13.3. The highest BCUT2D eigenvalue weighted by Crippen LogP contribution is 2.27. The molecule has 3 nitrogen and oxygen atoms in total. The molecule has 0 amide bonds. The molecular weight excluding hydrogens is 278 g/mol. The minimum absolute atomic E-state index is 0. The smallest absolute Gasteiger partial charge is 0.0981 e. The van der Waals surface area contributed by atoms with Crippen molar-refractivity contribution in [2.45, 2.75) is 58.7 Å². The highest BCUT2D eigenvalue weighted by molar-refractivity contribution is 7.11. The largest absolute Gasteiger partial charge is 0.311 e. The molecule has 1 aromatic heterocycles. The van der Waals surface area contributed by atoms with Gasteiger partial charge in [-0.1, -0.05) is 20.8 Å². The third-order valence-electron chi connectivity index (χ3n) is 3.45. The molecule has 2 heterocycles. The van der Waals surface area contributed by atoms with Gasteiger partial charge >= 0.3 is 0 Å². The fraction of sp³-hybridized carbons (Fsp3) is 0.786. The molecule has 0 aromatic carbocycles. The van der Waals surface area contributed by atoms with Crippen molar-refractivity contribution in [1.29, 1.82) is 0 Å². The van der Waals surface area contributed by atoms with Crippen molar-refractivity contribution in [1.82, 2.24) is 15.2 Å². The van der Waals surface area contributed by atoms with Crippen molar-refractivity contribution in [3.63, 3.8) is 0 Å². The number of nitrogens with one attached hydrogen (secondary N) is 1. The lowest BCUT2D eigenvalue weighted by Crippen LogP contribution is -2.53. The Bertz CT molecular complexity index is 400. The van der Waals surface area contributed by atoms with E-state index in [1.165, 1.54) is 9.88 Å². The molecular formula is C14H26ClN3S. The number of rotatable bonds is 2. The van der Waals surface area contributed by atoms with Crippen LogP contribution in [0.15, 0.2) is 6.20 Å². The molecule has 1 N–H and O–H groups in total. The first-order chi connectivity index (χ1) is 8.36. The summed E-state index contributed by atoms with van der Waals surface area (Å²) in [5.41, 5.74) is 0.172. The summed E-state index contributed by atoms with van der Waals surface area (Å²) < 4.78 is 0. The minimum Gasteiger partial charge on any atom is -0.311 e. The monoisotopic (exact) mass is 303 g/mol. The van der Waals surface area contributed by atoms with Crippen LogP contribution in [0.3, 0.4) is 0 Å². The maximum atomic E-state index is 4.57. The van der Waals surface area contributed by atoms with E-state index in [0.29, 0.717) is 12.1 Å². The predicted octanol–water partition coefficient (Wildman–Crippen LogP) is 3.04. The molecule has 0 aliphatic carbocycles. The zero-order valence-corrected chi connectivity index (χ0v) is 14.2. The van der Waals surface area contributed by atoms with Gasteiger partial charge in [-0.15, -0.1) is 23.7 Å². The molecule has 1 fully saturated rings. The van der Waals surface area contributed by atoms with E-state index in [4.69, 9.17) is 0 Å². The van der Waals surface area contributed by atoms with E-state index < -0.39 is 0 Å². The molecule has 0 saturated carbocycles. The van der Waals surface area contributed by atoms with Crippen LogP contribution in [0, 0.1) is 0 Å². The number of hydrogen-bond acceptors (Lipinski definition) is 4. The number of aromatic nitrogens is 1. The Morgan fingerprint density at radius 1 is 1.42 bits per heavy atom. The van der Waals surface area contributed by atoms with E-state index in [1.807, 2.05) is 11.3 Å². The van der Waals surface area contributed by atoms with Gasteiger partial charge < -0.3 is 5.32 Å². The van der Waals surface area contributed by atoms with E-state index in [2.05, 4.69) is 56.0 Å². The van der Waals surface area contributed by atoms with E-state index in [0.717, 1.165) is 19.6 Å². The van der Waals surface area contributed by atoms with Crippen LogP contribution in [0.25, 0.3) is 0 Å². The van der Waals surface area contributed by atoms with Crippen LogP contribution in [-0.2, 0) is 12.0 Å². The fourth-order valence-electron chi connectivity index (χ4n) is 2.24. The third kappa shape index (κ3) is 4.42. The first kappa shape index (κ1) is 16.9. The van der Waals surface area contributed by atoms with Crippen LogP contribution >= 0.6 is 23.7 Å². The van der Waals surface area contributed by atoms with Crippen LogP contribution in [0.5, 0.6) is 0 Å². The molecule has 2 atom stereocenters. The summed E-state index contributed by atoms with van der Waals surface area (Å²) in [5, 5.41) is 4.77. The first-order valence-corrected chi connectivity index (χ1v) is 7.60. The lowest BCUT2D eigenvalue weighted by molar-refractivity contribution is 0.140. The SMILES string of the molecule is CC1CN(Cc2cnc(C(C)(C)C)s2)C(C)CN1.Cl. The van der Waals surface area contributed by atoms with Gasteiger partial charge in [-0.05, 0) is 13.8 Å². The maximum absolute atomic E-state index is 4.57. The molecule has 110 valence electrons. The van der Waals surface area contributed by atoms with Gasteiger partial charge in [0.05, 0.1) is 5.01 Å². The summed E-state index contributed by atoms with van der Waals surface area (Å²) >= 11 is 1.86. The second kappa shape index (κ2) is 6.53. The normalized spacial score (nSPS) is 25.1. The van der Waals surface area contributed by atoms with Crippen LogP contribution in [-0.4, -0.2) is 35.1 Å². The van der Waals surface area contributed by atoms with Gasteiger partial charge in [-0.3, -0.25) is 4.90 Å². The number of thiazole rings is 1. The molecule has 5 heteroatoms. The zero-order valence-electron chi connectivity index (χ0n) is 12.6. The van der Waals surface area contributed by atoms with Crippen molar-refractivity contribution < 1.29 is 0 Å². The van der Waals surface area contributed by atoms with Gasteiger partial charge in [-0.25, -0.2) is 4.98 Å². The summed E-state index contributed by atoms with van der Waals surface area (Å²) in [6, 6.07) is 1.21. The molecule has 2 unspecified atom stereocenters. The summed E-state index contributed by atoms with van der Waals surface area (Å²) in [6.07, 6.45) is 2.06. The number of hydrogen-bond donors (Lipinski definition) is 1.